The summed E-state index contributed by atoms with van der Waals surface area (Å²) >= 11 is 0. The molecule has 1 aromatic rings. The number of ether oxygens (including phenoxy) is 1. The predicted octanol–water partition coefficient (Wildman–Crippen LogP) is -0.00816. The van der Waals surface area contributed by atoms with Crippen LogP contribution in [0.5, 0.6) is 5.75 Å². The Hall–Kier alpha value is -0.995. The van der Waals surface area contributed by atoms with Crippen LogP contribution < -0.4 is 10.2 Å². The summed E-state index contributed by atoms with van der Waals surface area (Å²) < 4.78 is 12.6. The number of benzene rings is 1. The van der Waals surface area contributed by atoms with E-state index in [1.807, 2.05) is 0 Å². The van der Waals surface area contributed by atoms with Crippen LogP contribution >= 0.6 is 0 Å². The van der Waals surface area contributed by atoms with Gasteiger partial charge in [0.25, 0.3) is 0 Å². The van der Waals surface area contributed by atoms with E-state index in [4.69, 9.17) is 16.2 Å². The first-order valence-corrected chi connectivity index (χ1v) is 3.99. The average molecular weight is 181 g/mol. The Kier molecular flexibility index (Phi) is 2.52. The third-order valence-corrected chi connectivity index (χ3v) is 2.05. The summed E-state index contributed by atoms with van der Waals surface area (Å²) in [6.07, 6.45) is 0. The van der Waals surface area contributed by atoms with E-state index in [1.54, 1.807) is 19.9 Å². The van der Waals surface area contributed by atoms with E-state index in [-0.39, 0.29) is 6.04 Å². The summed E-state index contributed by atoms with van der Waals surface area (Å²) in [5, 5.41) is 18.3. The van der Waals surface area contributed by atoms with Gasteiger partial charge in [-0.3, -0.25) is 0 Å². The molecule has 0 aliphatic rings. The van der Waals surface area contributed by atoms with Crippen molar-refractivity contribution in [2.45, 2.75) is 13.8 Å². The number of hydrogen-bond donors (Lipinski definition) is 2. The molecule has 0 atom stereocenters. The molecule has 0 aliphatic carbocycles. The van der Waals surface area contributed by atoms with Gasteiger partial charge < -0.3 is 14.8 Å². The monoisotopic (exact) mass is 181 g/mol. The van der Waals surface area contributed by atoms with E-state index in [1.165, 1.54) is 7.11 Å². The Morgan fingerprint density at radius 1 is 1.46 bits per heavy atom. The van der Waals surface area contributed by atoms with Crippen LogP contribution in [0, 0.1) is 13.8 Å². The standard InChI is InChI=1S/C9H13BO3/c1-6-4-5-8(13-3)7(2)9(6)10(11)12/h4-5,11-12H,1-3H3/i5D. The summed E-state index contributed by atoms with van der Waals surface area (Å²) in [7, 11) is -0.0621. The van der Waals surface area contributed by atoms with Crippen LogP contribution in [0.2, 0.25) is 0 Å². The molecule has 0 amide bonds. The van der Waals surface area contributed by atoms with E-state index in [0.29, 0.717) is 22.3 Å². The van der Waals surface area contributed by atoms with Gasteiger partial charge in [-0.15, -0.1) is 0 Å². The van der Waals surface area contributed by atoms with Gasteiger partial charge in [0.05, 0.1) is 8.48 Å². The van der Waals surface area contributed by atoms with Crippen LogP contribution in [0.3, 0.4) is 0 Å². The lowest BCUT2D eigenvalue weighted by atomic mass is 9.74. The molecule has 0 saturated carbocycles. The van der Waals surface area contributed by atoms with Gasteiger partial charge in [-0.1, -0.05) is 11.6 Å². The average Bonchev–Trinajstić information content (AvgIpc) is 2.02. The van der Waals surface area contributed by atoms with Crippen molar-refractivity contribution in [3.63, 3.8) is 0 Å². The van der Waals surface area contributed by atoms with Crippen LogP contribution in [0.25, 0.3) is 0 Å². The first-order chi connectivity index (χ1) is 6.49. The number of hydrogen-bond acceptors (Lipinski definition) is 3. The third kappa shape index (κ3) is 1.84. The van der Waals surface area contributed by atoms with E-state index < -0.39 is 7.12 Å². The smallest absolute Gasteiger partial charge is 0.489 e. The largest absolute Gasteiger partial charge is 0.497 e. The molecule has 3 nitrogen and oxygen atoms in total. The van der Waals surface area contributed by atoms with Crippen LogP contribution in [0.4, 0.5) is 0 Å². The van der Waals surface area contributed by atoms with Gasteiger partial charge in [0.15, 0.2) is 0 Å². The minimum absolute atomic E-state index is 0.256. The lowest BCUT2D eigenvalue weighted by Crippen LogP contribution is -2.34. The van der Waals surface area contributed by atoms with Crippen molar-refractivity contribution >= 4 is 12.6 Å². The molecule has 4 heteroatoms. The van der Waals surface area contributed by atoms with E-state index in [2.05, 4.69) is 0 Å². The molecule has 2 N–H and O–H groups in total. The second-order valence-corrected chi connectivity index (χ2v) is 2.92. The van der Waals surface area contributed by atoms with Gasteiger partial charge in [0.1, 0.15) is 5.75 Å². The molecule has 13 heavy (non-hydrogen) atoms. The van der Waals surface area contributed by atoms with Crippen LogP contribution in [0.1, 0.15) is 12.5 Å². The van der Waals surface area contributed by atoms with E-state index in [9.17, 15) is 0 Å². The van der Waals surface area contributed by atoms with E-state index >= 15 is 0 Å². The summed E-state index contributed by atoms with van der Waals surface area (Å²) in [4.78, 5) is 0. The molecule has 0 fully saturated rings. The molecule has 1 aromatic carbocycles. The zero-order valence-corrected chi connectivity index (χ0v) is 7.96. The third-order valence-electron chi connectivity index (χ3n) is 2.05. The van der Waals surface area contributed by atoms with Crippen molar-refractivity contribution in [1.29, 1.82) is 0 Å². The normalized spacial score (nSPS) is 11.0. The maximum absolute atomic E-state index is 9.14. The lowest BCUT2D eigenvalue weighted by molar-refractivity contribution is 0.408. The number of rotatable bonds is 2. The lowest BCUT2D eigenvalue weighted by Gasteiger charge is -2.12. The van der Waals surface area contributed by atoms with Crippen LogP contribution in [-0.2, 0) is 0 Å². The van der Waals surface area contributed by atoms with Crippen molar-refractivity contribution in [3.8, 4) is 5.75 Å². The van der Waals surface area contributed by atoms with Crippen molar-refractivity contribution in [2.24, 2.45) is 0 Å². The van der Waals surface area contributed by atoms with Crippen molar-refractivity contribution in [3.05, 3.63) is 23.2 Å². The molecule has 0 aliphatic heterocycles. The Morgan fingerprint density at radius 2 is 2.08 bits per heavy atom. The summed E-state index contributed by atoms with van der Waals surface area (Å²) in [6, 6.07) is 1.81. The number of methoxy groups -OCH3 is 1. The molecule has 0 heterocycles. The highest BCUT2D eigenvalue weighted by molar-refractivity contribution is 6.59. The first-order valence-electron chi connectivity index (χ1n) is 4.49. The van der Waals surface area contributed by atoms with Crippen LogP contribution in [-0.4, -0.2) is 24.3 Å². The second-order valence-electron chi connectivity index (χ2n) is 2.92. The minimum Gasteiger partial charge on any atom is -0.497 e. The number of aryl methyl sites for hydroxylation is 1. The van der Waals surface area contributed by atoms with Crippen molar-refractivity contribution in [1.82, 2.24) is 0 Å². The molecule has 0 bridgehead atoms. The quantitative estimate of drug-likeness (QED) is 0.631. The maximum Gasteiger partial charge on any atom is 0.489 e. The van der Waals surface area contributed by atoms with Gasteiger partial charge in [0.2, 0.25) is 0 Å². The van der Waals surface area contributed by atoms with Gasteiger partial charge in [-0.25, -0.2) is 0 Å². The first kappa shape index (κ1) is 8.60. The van der Waals surface area contributed by atoms with Crippen LogP contribution in [0.15, 0.2) is 12.1 Å². The van der Waals surface area contributed by atoms with Gasteiger partial charge in [-0.2, -0.15) is 0 Å². The fourth-order valence-corrected chi connectivity index (χ4v) is 1.39. The minimum atomic E-state index is -1.52. The Morgan fingerprint density at radius 3 is 2.54 bits per heavy atom. The molecular formula is C9H13BO3. The molecule has 0 unspecified atom stereocenters. The Bertz CT molecular complexity index is 352. The molecule has 0 saturated heterocycles. The zero-order chi connectivity index (χ0) is 10.9. The molecule has 0 radical (unpaired) electrons. The predicted molar refractivity (Wildman–Crippen MR) is 52.3 cm³/mol. The highest BCUT2D eigenvalue weighted by atomic mass is 16.5. The van der Waals surface area contributed by atoms with Gasteiger partial charge >= 0.3 is 7.12 Å². The Balaban J connectivity index is 3.44. The Labute approximate surface area is 79.5 Å². The fraction of sp³-hybridized carbons (Fsp3) is 0.333. The van der Waals surface area contributed by atoms with Crippen molar-refractivity contribution in [2.75, 3.05) is 7.11 Å². The maximum atomic E-state index is 9.14. The molecule has 70 valence electrons. The van der Waals surface area contributed by atoms with E-state index in [0.717, 1.165) is 0 Å². The molecule has 1 rings (SSSR count). The highest BCUT2D eigenvalue weighted by Gasteiger charge is 2.18. The second kappa shape index (κ2) is 3.81. The summed E-state index contributed by atoms with van der Waals surface area (Å²) in [6.45, 7) is 3.44. The molecular weight excluding hydrogens is 167 g/mol. The fourth-order valence-electron chi connectivity index (χ4n) is 1.39. The zero-order valence-electron chi connectivity index (χ0n) is 8.96. The van der Waals surface area contributed by atoms with Gasteiger partial charge in [-0.05, 0) is 30.9 Å². The summed E-state index contributed by atoms with van der Waals surface area (Å²) in [5.41, 5.74) is 1.70. The van der Waals surface area contributed by atoms with Gasteiger partial charge in [0, 0.05) is 0 Å². The SMILES string of the molecule is [2H]c1cc(C)c(B(O)O)c(C)c1OC. The molecule has 0 spiro atoms. The van der Waals surface area contributed by atoms with Crippen molar-refractivity contribution < 1.29 is 16.2 Å². The topological polar surface area (TPSA) is 49.7 Å². The highest BCUT2D eigenvalue weighted by Crippen LogP contribution is 2.16. The summed E-state index contributed by atoms with van der Waals surface area (Å²) in [5.74, 6) is 0.388. The molecule has 0 aromatic heterocycles.